The predicted molar refractivity (Wildman–Crippen MR) is 172 cm³/mol. The maximum Gasteiger partial charge on any atom is 0.255 e. The Hall–Kier alpha value is -3.69. The van der Waals surface area contributed by atoms with Crippen LogP contribution in [-0.4, -0.2) is 81.2 Å². The molecule has 3 aliphatic rings. The highest BCUT2D eigenvalue weighted by atomic mass is 16.5. The van der Waals surface area contributed by atoms with Crippen LogP contribution in [0, 0.1) is 12.8 Å². The normalized spacial score (nSPS) is 19.8. The van der Waals surface area contributed by atoms with Gasteiger partial charge in [0.15, 0.2) is 0 Å². The molecule has 4 aromatic rings. The van der Waals surface area contributed by atoms with E-state index in [-0.39, 0.29) is 24.5 Å². The topological polar surface area (TPSA) is 98.1 Å². The number of ether oxygens (including phenoxy) is 1. The molecular formula is C35H44N6O3. The fraction of sp³-hybridized carbons (Fsp3) is 0.514. The Kier molecular flexibility index (Phi) is 7.93. The lowest BCUT2D eigenvalue weighted by Gasteiger charge is -2.32. The van der Waals surface area contributed by atoms with Crippen LogP contribution in [0.25, 0.3) is 27.8 Å². The predicted octanol–water partition coefficient (Wildman–Crippen LogP) is 4.98. The number of carbonyl (C=O) groups excluding carboxylic acids is 2. The Labute approximate surface area is 258 Å². The van der Waals surface area contributed by atoms with E-state index in [1.807, 2.05) is 39.6 Å². The van der Waals surface area contributed by atoms with Crippen LogP contribution >= 0.6 is 0 Å². The van der Waals surface area contributed by atoms with Crippen LogP contribution < -0.4 is 5.73 Å². The maximum atomic E-state index is 13.3. The molecule has 9 nitrogen and oxygen atoms in total. The van der Waals surface area contributed by atoms with Gasteiger partial charge in [-0.05, 0) is 88.0 Å². The number of benzene rings is 1. The average Bonchev–Trinajstić information content (AvgIpc) is 3.71. The van der Waals surface area contributed by atoms with Gasteiger partial charge >= 0.3 is 0 Å². The SMILES string of the molecule is CCOCC(=O)N1CCC(c2cccc3cc(-c4nn5cc(C(=O)N6CCC[C@@H](N)C6)ccc5c4C)n(CC4CC4)c23)CC1. The van der Waals surface area contributed by atoms with Gasteiger partial charge in [-0.3, -0.25) is 9.59 Å². The van der Waals surface area contributed by atoms with Gasteiger partial charge in [0.2, 0.25) is 5.91 Å². The molecule has 0 bridgehead atoms. The van der Waals surface area contributed by atoms with E-state index in [4.69, 9.17) is 15.6 Å². The lowest BCUT2D eigenvalue weighted by Crippen LogP contribution is -2.45. The first-order valence-corrected chi connectivity index (χ1v) is 16.4. The smallest absolute Gasteiger partial charge is 0.255 e. The molecule has 3 fully saturated rings. The summed E-state index contributed by atoms with van der Waals surface area (Å²) in [6.45, 7) is 8.65. The molecule has 7 rings (SSSR count). The van der Waals surface area contributed by atoms with E-state index >= 15 is 0 Å². The van der Waals surface area contributed by atoms with Crippen LogP contribution in [0.2, 0.25) is 0 Å². The minimum atomic E-state index is 0.0230. The van der Waals surface area contributed by atoms with E-state index in [2.05, 4.69) is 35.8 Å². The van der Waals surface area contributed by atoms with Crippen molar-refractivity contribution in [3.05, 3.63) is 59.3 Å². The molecule has 2 N–H and O–H groups in total. The Bertz CT molecular complexity index is 1690. The summed E-state index contributed by atoms with van der Waals surface area (Å²) in [6.07, 6.45) is 8.22. The zero-order chi connectivity index (χ0) is 30.4. The number of likely N-dealkylation sites (tertiary alicyclic amines) is 2. The van der Waals surface area contributed by atoms with Crippen molar-refractivity contribution in [2.24, 2.45) is 11.7 Å². The number of aryl methyl sites for hydroxylation is 1. The highest BCUT2D eigenvalue weighted by Crippen LogP contribution is 2.41. The summed E-state index contributed by atoms with van der Waals surface area (Å²) in [7, 11) is 0. The lowest BCUT2D eigenvalue weighted by atomic mass is 9.88. The van der Waals surface area contributed by atoms with Crippen LogP contribution in [0.5, 0.6) is 0 Å². The van der Waals surface area contributed by atoms with Crippen molar-refractivity contribution >= 4 is 28.2 Å². The van der Waals surface area contributed by atoms with E-state index < -0.39 is 0 Å². The maximum absolute atomic E-state index is 13.3. The standard InChI is InChI=1S/C35H44N6O3/c1-3-44-22-32(42)38-16-13-25(14-17-38)29-8-4-6-26-18-31(40(34(26)29)19-24-9-10-24)33-23(2)30-12-11-27(20-41(30)37-33)35(43)39-15-5-7-28(36)21-39/h4,6,8,11-12,18,20,24-25,28H,3,5,7,9-10,13-17,19,21-22,36H2,1-2H3/t28-/m1/s1. The van der Waals surface area contributed by atoms with Crippen LogP contribution in [0.4, 0.5) is 0 Å². The summed E-state index contributed by atoms with van der Waals surface area (Å²) < 4.78 is 9.78. The fourth-order valence-electron chi connectivity index (χ4n) is 7.27. The van der Waals surface area contributed by atoms with E-state index in [1.54, 1.807) is 0 Å². The van der Waals surface area contributed by atoms with Crippen molar-refractivity contribution in [2.45, 2.75) is 70.9 Å². The monoisotopic (exact) mass is 596 g/mol. The van der Waals surface area contributed by atoms with Crippen LogP contribution in [0.3, 0.4) is 0 Å². The first kappa shape index (κ1) is 29.0. The van der Waals surface area contributed by atoms with Crippen molar-refractivity contribution < 1.29 is 14.3 Å². The molecule has 1 saturated carbocycles. The van der Waals surface area contributed by atoms with Gasteiger partial charge in [-0.15, -0.1) is 0 Å². The molecular weight excluding hydrogens is 552 g/mol. The fourth-order valence-corrected chi connectivity index (χ4v) is 7.27. The van der Waals surface area contributed by atoms with Crippen molar-refractivity contribution in [3.8, 4) is 11.4 Å². The van der Waals surface area contributed by atoms with Gasteiger partial charge in [0.05, 0.1) is 22.3 Å². The molecule has 44 heavy (non-hydrogen) atoms. The Morgan fingerprint density at radius 1 is 1.02 bits per heavy atom. The molecule has 1 atom stereocenters. The van der Waals surface area contributed by atoms with Gasteiger partial charge in [-0.1, -0.05) is 18.2 Å². The number of fused-ring (bicyclic) bond motifs is 2. The average molecular weight is 597 g/mol. The number of pyridine rings is 1. The molecule has 1 aliphatic carbocycles. The third kappa shape index (κ3) is 5.52. The summed E-state index contributed by atoms with van der Waals surface area (Å²) >= 11 is 0. The second-order valence-corrected chi connectivity index (χ2v) is 13.0. The number of aromatic nitrogens is 3. The van der Waals surface area contributed by atoms with Gasteiger partial charge < -0.3 is 24.8 Å². The highest BCUT2D eigenvalue weighted by molar-refractivity contribution is 5.95. The molecule has 5 heterocycles. The molecule has 0 unspecified atom stereocenters. The van der Waals surface area contributed by atoms with Gasteiger partial charge in [-0.2, -0.15) is 5.10 Å². The number of para-hydroxylation sites is 1. The van der Waals surface area contributed by atoms with E-state index in [0.29, 0.717) is 30.6 Å². The summed E-state index contributed by atoms with van der Waals surface area (Å²) in [5.41, 5.74) is 13.7. The minimum absolute atomic E-state index is 0.0230. The van der Waals surface area contributed by atoms with Crippen molar-refractivity contribution in [1.29, 1.82) is 0 Å². The molecule has 0 radical (unpaired) electrons. The molecule has 2 aliphatic heterocycles. The summed E-state index contributed by atoms with van der Waals surface area (Å²) in [5, 5.41) is 6.35. The van der Waals surface area contributed by atoms with Crippen molar-refractivity contribution in [2.75, 3.05) is 39.4 Å². The van der Waals surface area contributed by atoms with E-state index in [0.717, 1.165) is 74.3 Å². The Balaban J connectivity index is 1.22. The second kappa shape index (κ2) is 12.0. The van der Waals surface area contributed by atoms with Crippen LogP contribution in [0.1, 0.15) is 72.9 Å². The summed E-state index contributed by atoms with van der Waals surface area (Å²) in [6, 6.07) is 13.0. The van der Waals surface area contributed by atoms with Crippen molar-refractivity contribution in [3.63, 3.8) is 0 Å². The molecule has 0 spiro atoms. The van der Waals surface area contributed by atoms with Gasteiger partial charge in [0.1, 0.15) is 12.3 Å². The summed E-state index contributed by atoms with van der Waals surface area (Å²) in [5.74, 6) is 1.20. The molecule has 2 saturated heterocycles. The first-order valence-electron chi connectivity index (χ1n) is 16.4. The molecule has 3 aromatic heterocycles. The van der Waals surface area contributed by atoms with Gasteiger partial charge in [0.25, 0.3) is 5.91 Å². The third-order valence-corrected chi connectivity index (χ3v) is 9.92. The third-order valence-electron chi connectivity index (χ3n) is 9.92. The largest absolute Gasteiger partial charge is 0.372 e. The number of carbonyl (C=O) groups is 2. The number of piperidine rings is 2. The Morgan fingerprint density at radius 2 is 1.84 bits per heavy atom. The zero-order valence-corrected chi connectivity index (χ0v) is 26.0. The quantitative estimate of drug-likeness (QED) is 0.310. The number of hydrogen-bond acceptors (Lipinski definition) is 5. The number of hydrogen-bond donors (Lipinski definition) is 1. The van der Waals surface area contributed by atoms with E-state index in [1.165, 1.54) is 29.3 Å². The van der Waals surface area contributed by atoms with Gasteiger partial charge in [0, 0.05) is 62.5 Å². The number of nitrogens with zero attached hydrogens (tertiary/aromatic N) is 5. The van der Waals surface area contributed by atoms with Crippen molar-refractivity contribution in [1.82, 2.24) is 24.0 Å². The van der Waals surface area contributed by atoms with Gasteiger partial charge in [-0.25, -0.2) is 4.52 Å². The minimum Gasteiger partial charge on any atom is -0.372 e. The Morgan fingerprint density at radius 3 is 2.59 bits per heavy atom. The number of nitrogens with two attached hydrogens (primary N) is 1. The first-order chi connectivity index (χ1) is 21.4. The highest BCUT2D eigenvalue weighted by Gasteiger charge is 2.30. The number of amides is 2. The van der Waals surface area contributed by atoms with Crippen LogP contribution in [-0.2, 0) is 16.1 Å². The van der Waals surface area contributed by atoms with E-state index in [9.17, 15) is 9.59 Å². The van der Waals surface area contributed by atoms with Crippen LogP contribution in [0.15, 0.2) is 42.6 Å². The molecule has 2 amide bonds. The lowest BCUT2D eigenvalue weighted by molar-refractivity contribution is -0.137. The molecule has 232 valence electrons. The molecule has 1 aromatic carbocycles. The molecule has 9 heteroatoms. The number of rotatable bonds is 8. The summed E-state index contributed by atoms with van der Waals surface area (Å²) in [4.78, 5) is 29.7. The zero-order valence-electron chi connectivity index (χ0n) is 26.0. The second-order valence-electron chi connectivity index (χ2n) is 13.0.